The van der Waals surface area contributed by atoms with Crippen molar-refractivity contribution in [3.8, 4) is 0 Å². The van der Waals surface area contributed by atoms with Crippen molar-refractivity contribution >= 4 is 16.8 Å². The van der Waals surface area contributed by atoms with Crippen LogP contribution in [0.5, 0.6) is 0 Å². The van der Waals surface area contributed by atoms with Crippen molar-refractivity contribution in [3.05, 3.63) is 72.2 Å². The molecule has 25 heavy (non-hydrogen) atoms. The van der Waals surface area contributed by atoms with E-state index in [1.807, 2.05) is 48.2 Å². The maximum absolute atomic E-state index is 13.2. The molecule has 5 heteroatoms. The van der Waals surface area contributed by atoms with E-state index in [4.69, 9.17) is 4.74 Å². The number of morpholine rings is 1. The lowest BCUT2D eigenvalue weighted by Crippen LogP contribution is -2.48. The van der Waals surface area contributed by atoms with Crippen LogP contribution in [0.2, 0.25) is 0 Å². The van der Waals surface area contributed by atoms with Gasteiger partial charge < -0.3 is 9.64 Å². The van der Waals surface area contributed by atoms with Crippen molar-refractivity contribution in [2.45, 2.75) is 19.1 Å². The molecule has 0 radical (unpaired) electrons. The molecule has 0 bridgehead atoms. The molecular weight excluding hydrogens is 314 g/mol. The molecule has 3 aromatic rings. The quantitative estimate of drug-likeness (QED) is 0.722. The first-order valence-electron chi connectivity index (χ1n) is 8.40. The topological polar surface area (TPSA) is 55.3 Å². The number of hydrogen-bond acceptors (Lipinski definition) is 4. The Hall–Kier alpha value is -2.79. The van der Waals surface area contributed by atoms with Crippen molar-refractivity contribution < 1.29 is 9.53 Å². The zero-order valence-corrected chi connectivity index (χ0v) is 14.0. The summed E-state index contributed by atoms with van der Waals surface area (Å²) in [4.78, 5) is 23.6. The molecule has 4 rings (SSSR count). The number of rotatable bonds is 2. The fraction of sp³-hybridized carbons (Fsp3) is 0.250. The van der Waals surface area contributed by atoms with Gasteiger partial charge in [-0.05, 0) is 24.6 Å². The average molecular weight is 333 g/mol. The summed E-state index contributed by atoms with van der Waals surface area (Å²) in [5, 5.41) is 0.782. The monoisotopic (exact) mass is 333 g/mol. The number of pyridine rings is 2. The summed E-state index contributed by atoms with van der Waals surface area (Å²) in [6.45, 7) is 3.07. The summed E-state index contributed by atoms with van der Waals surface area (Å²) in [6.07, 6.45) is 4.96. The highest BCUT2D eigenvalue weighted by molar-refractivity contribution is 6.05. The Morgan fingerprint density at radius 1 is 1.16 bits per heavy atom. The molecule has 2 atom stereocenters. The first-order chi connectivity index (χ1) is 12.2. The predicted octanol–water partition coefficient (Wildman–Crippen LogP) is 3.23. The second kappa shape index (κ2) is 6.61. The maximum Gasteiger partial charge on any atom is 0.255 e. The third-order valence-electron chi connectivity index (χ3n) is 4.64. The van der Waals surface area contributed by atoms with Crippen LogP contribution in [0.3, 0.4) is 0 Å². The zero-order valence-electron chi connectivity index (χ0n) is 14.0. The van der Waals surface area contributed by atoms with Crippen molar-refractivity contribution in [2.24, 2.45) is 0 Å². The van der Waals surface area contributed by atoms with Gasteiger partial charge in [-0.3, -0.25) is 14.8 Å². The van der Waals surface area contributed by atoms with Gasteiger partial charge in [-0.2, -0.15) is 0 Å². The second-order valence-corrected chi connectivity index (χ2v) is 6.29. The summed E-state index contributed by atoms with van der Waals surface area (Å²) >= 11 is 0. The average Bonchev–Trinajstić information content (AvgIpc) is 2.68. The van der Waals surface area contributed by atoms with Crippen LogP contribution in [0.1, 0.15) is 28.9 Å². The van der Waals surface area contributed by atoms with Crippen LogP contribution in [0.25, 0.3) is 10.9 Å². The highest BCUT2D eigenvalue weighted by Crippen LogP contribution is 2.27. The van der Waals surface area contributed by atoms with Gasteiger partial charge in [0.1, 0.15) is 6.10 Å². The highest BCUT2D eigenvalue weighted by Gasteiger charge is 2.31. The molecule has 1 aliphatic rings. The van der Waals surface area contributed by atoms with E-state index < -0.39 is 0 Å². The summed E-state index contributed by atoms with van der Waals surface area (Å²) in [7, 11) is 0. The second-order valence-electron chi connectivity index (χ2n) is 6.29. The molecule has 2 aromatic heterocycles. The molecule has 0 saturated carbocycles. The Balaban J connectivity index is 1.66. The number of aromatic nitrogens is 2. The molecule has 0 N–H and O–H groups in total. The van der Waals surface area contributed by atoms with Crippen molar-refractivity contribution in [2.75, 3.05) is 13.2 Å². The maximum atomic E-state index is 13.2. The van der Waals surface area contributed by atoms with E-state index in [-0.39, 0.29) is 18.1 Å². The Labute approximate surface area is 146 Å². The third kappa shape index (κ3) is 2.98. The van der Waals surface area contributed by atoms with Gasteiger partial charge in [0, 0.05) is 24.0 Å². The molecule has 1 aliphatic heterocycles. The molecule has 1 aromatic carbocycles. The van der Waals surface area contributed by atoms with Crippen LogP contribution in [0, 0.1) is 0 Å². The summed E-state index contributed by atoms with van der Waals surface area (Å²) < 4.78 is 5.96. The van der Waals surface area contributed by atoms with Crippen molar-refractivity contribution in [1.29, 1.82) is 0 Å². The summed E-state index contributed by atoms with van der Waals surface area (Å²) in [5.74, 6) is -0.00266. The lowest BCUT2D eigenvalue weighted by atomic mass is 10.0. The van der Waals surface area contributed by atoms with E-state index in [2.05, 4.69) is 9.97 Å². The molecule has 0 spiro atoms. The number of nitrogens with zero attached hydrogens (tertiary/aromatic N) is 3. The largest absolute Gasteiger partial charge is 0.370 e. The Kier molecular flexibility index (Phi) is 4.15. The van der Waals surface area contributed by atoms with Crippen LogP contribution in [0.4, 0.5) is 0 Å². The zero-order chi connectivity index (χ0) is 17.2. The molecule has 1 fully saturated rings. The molecule has 1 saturated heterocycles. The Morgan fingerprint density at radius 3 is 2.84 bits per heavy atom. The third-order valence-corrected chi connectivity index (χ3v) is 4.64. The number of carbonyl (C=O) groups is 1. The van der Waals surface area contributed by atoms with Gasteiger partial charge in [0.25, 0.3) is 5.91 Å². The smallest absolute Gasteiger partial charge is 0.255 e. The SMILES string of the molecule is C[C@@H]1CO[C@H](c2ccccc2)CN1C(=O)c1ccnc2ccncc12. The number of ether oxygens (including phenoxy) is 1. The Morgan fingerprint density at radius 2 is 2.00 bits per heavy atom. The number of fused-ring (bicyclic) bond motifs is 1. The summed E-state index contributed by atoms with van der Waals surface area (Å²) in [5.41, 5.74) is 2.51. The fourth-order valence-corrected chi connectivity index (χ4v) is 3.24. The van der Waals surface area contributed by atoms with Gasteiger partial charge in [-0.1, -0.05) is 30.3 Å². The molecule has 126 valence electrons. The van der Waals surface area contributed by atoms with E-state index >= 15 is 0 Å². The van der Waals surface area contributed by atoms with E-state index in [1.54, 1.807) is 24.7 Å². The van der Waals surface area contributed by atoms with Gasteiger partial charge in [0.2, 0.25) is 0 Å². The minimum Gasteiger partial charge on any atom is -0.370 e. The van der Waals surface area contributed by atoms with Gasteiger partial charge >= 0.3 is 0 Å². The predicted molar refractivity (Wildman–Crippen MR) is 95.2 cm³/mol. The van der Waals surface area contributed by atoms with Crippen LogP contribution in [-0.4, -0.2) is 40.0 Å². The van der Waals surface area contributed by atoms with Gasteiger partial charge in [-0.25, -0.2) is 0 Å². The van der Waals surface area contributed by atoms with Gasteiger partial charge in [0.05, 0.1) is 30.3 Å². The van der Waals surface area contributed by atoms with E-state index in [1.165, 1.54) is 0 Å². The number of amides is 1. The van der Waals surface area contributed by atoms with Gasteiger partial charge in [-0.15, -0.1) is 0 Å². The first kappa shape index (κ1) is 15.7. The van der Waals surface area contributed by atoms with Crippen LogP contribution in [0.15, 0.2) is 61.1 Å². The van der Waals surface area contributed by atoms with Crippen molar-refractivity contribution in [3.63, 3.8) is 0 Å². The van der Waals surface area contributed by atoms with Gasteiger partial charge in [0.15, 0.2) is 0 Å². The lowest BCUT2D eigenvalue weighted by molar-refractivity contribution is -0.0486. The van der Waals surface area contributed by atoms with E-state index in [0.29, 0.717) is 18.7 Å². The molecule has 0 aliphatic carbocycles. The number of benzene rings is 1. The van der Waals surface area contributed by atoms with Crippen LogP contribution in [-0.2, 0) is 4.74 Å². The summed E-state index contributed by atoms with van der Waals surface area (Å²) in [6, 6.07) is 13.6. The minimum atomic E-state index is -0.104. The number of hydrogen-bond donors (Lipinski definition) is 0. The van der Waals surface area contributed by atoms with Crippen LogP contribution >= 0.6 is 0 Å². The van der Waals surface area contributed by atoms with E-state index in [0.717, 1.165) is 16.5 Å². The normalized spacial score (nSPS) is 20.6. The first-order valence-corrected chi connectivity index (χ1v) is 8.40. The molecular formula is C20H19N3O2. The van der Waals surface area contributed by atoms with Crippen molar-refractivity contribution in [1.82, 2.24) is 14.9 Å². The lowest BCUT2D eigenvalue weighted by Gasteiger charge is -2.38. The standard InChI is InChI=1S/C20H19N3O2/c1-14-13-25-19(15-5-3-2-4-6-15)12-23(14)20(24)16-7-10-22-18-8-9-21-11-17(16)18/h2-11,14,19H,12-13H2,1H3/t14-,19+/m1/s1. The Bertz CT molecular complexity index is 892. The fourth-order valence-electron chi connectivity index (χ4n) is 3.24. The molecule has 3 heterocycles. The highest BCUT2D eigenvalue weighted by atomic mass is 16.5. The van der Waals surface area contributed by atoms with E-state index in [9.17, 15) is 4.79 Å². The molecule has 5 nitrogen and oxygen atoms in total. The minimum absolute atomic E-state index is 0.00266. The number of carbonyl (C=O) groups excluding carboxylic acids is 1. The molecule has 1 amide bonds. The molecule has 0 unspecified atom stereocenters. The van der Waals surface area contributed by atoms with Crippen LogP contribution < -0.4 is 0 Å².